The largest absolute Gasteiger partial charge is 0.315 e. The van der Waals surface area contributed by atoms with Crippen molar-refractivity contribution in [1.82, 2.24) is 25.5 Å². The van der Waals surface area contributed by atoms with Crippen molar-refractivity contribution in [1.29, 1.82) is 0 Å². The Bertz CT molecular complexity index is 572. The molecule has 0 radical (unpaired) electrons. The molecule has 114 valence electrons. The van der Waals surface area contributed by atoms with Gasteiger partial charge in [-0.05, 0) is 53.6 Å². The number of tetrazole rings is 1. The first-order valence-corrected chi connectivity index (χ1v) is 8.04. The molecule has 0 saturated carbocycles. The average Bonchev–Trinajstić information content (AvgIpc) is 2.90. The van der Waals surface area contributed by atoms with Crippen molar-refractivity contribution in [3.05, 3.63) is 35.1 Å². The second kappa shape index (κ2) is 8.09. The number of benzene rings is 1. The molecule has 2 aromatic rings. The maximum Gasteiger partial charge on any atom is 0.209 e. The third-order valence-corrected chi connectivity index (χ3v) is 4.09. The number of aryl methyl sites for hydroxylation is 1. The molecule has 0 atom stereocenters. The van der Waals surface area contributed by atoms with Gasteiger partial charge in [-0.3, -0.25) is 0 Å². The van der Waals surface area contributed by atoms with Crippen LogP contribution in [0, 0.1) is 12.7 Å². The molecule has 0 saturated heterocycles. The van der Waals surface area contributed by atoms with Crippen LogP contribution in [-0.4, -0.2) is 33.3 Å². The molecule has 0 spiro atoms. The smallest absolute Gasteiger partial charge is 0.209 e. The van der Waals surface area contributed by atoms with Gasteiger partial charge in [-0.2, -0.15) is 0 Å². The van der Waals surface area contributed by atoms with E-state index >= 15 is 0 Å². The zero-order chi connectivity index (χ0) is 15.1. The van der Waals surface area contributed by atoms with Crippen molar-refractivity contribution in [3.63, 3.8) is 0 Å². The lowest BCUT2D eigenvalue weighted by Crippen LogP contribution is -2.21. The molecule has 1 heterocycles. The number of hydrogen-bond acceptors (Lipinski definition) is 5. The van der Waals surface area contributed by atoms with Gasteiger partial charge in [0, 0.05) is 12.3 Å². The summed E-state index contributed by atoms with van der Waals surface area (Å²) in [5.74, 6) is 0.530. The van der Waals surface area contributed by atoms with Crippen molar-refractivity contribution in [2.75, 3.05) is 13.1 Å². The molecule has 0 unspecified atom stereocenters. The molecule has 1 N–H and O–H groups in total. The van der Waals surface area contributed by atoms with Gasteiger partial charge < -0.3 is 5.32 Å². The highest BCUT2D eigenvalue weighted by molar-refractivity contribution is 7.98. The Morgan fingerprint density at radius 2 is 2.19 bits per heavy atom. The van der Waals surface area contributed by atoms with E-state index in [1.807, 2.05) is 13.0 Å². The van der Waals surface area contributed by atoms with E-state index in [1.54, 1.807) is 22.5 Å². The summed E-state index contributed by atoms with van der Waals surface area (Å²) in [6, 6.07) is 4.85. The quantitative estimate of drug-likeness (QED) is 0.599. The number of nitrogens with one attached hydrogen (secondary N) is 1. The van der Waals surface area contributed by atoms with Gasteiger partial charge in [0.15, 0.2) is 0 Å². The average molecular weight is 309 g/mol. The van der Waals surface area contributed by atoms with E-state index in [4.69, 9.17) is 0 Å². The summed E-state index contributed by atoms with van der Waals surface area (Å²) in [7, 11) is 0. The summed E-state index contributed by atoms with van der Waals surface area (Å²) in [5.41, 5.74) is 2.05. The fourth-order valence-electron chi connectivity index (χ4n) is 1.89. The molecule has 5 nitrogen and oxygen atoms in total. The third kappa shape index (κ3) is 4.78. The summed E-state index contributed by atoms with van der Waals surface area (Å²) in [4.78, 5) is 0. The second-order valence-electron chi connectivity index (χ2n) is 4.79. The molecular formula is C14H20FN5S. The molecule has 0 aliphatic carbocycles. The topological polar surface area (TPSA) is 55.6 Å². The van der Waals surface area contributed by atoms with Gasteiger partial charge >= 0.3 is 0 Å². The van der Waals surface area contributed by atoms with Gasteiger partial charge in [-0.25, -0.2) is 9.07 Å². The third-order valence-electron chi connectivity index (χ3n) is 3.09. The van der Waals surface area contributed by atoms with E-state index < -0.39 is 0 Å². The minimum atomic E-state index is -0.201. The Morgan fingerprint density at radius 1 is 1.33 bits per heavy atom. The van der Waals surface area contributed by atoms with E-state index in [1.165, 1.54) is 6.07 Å². The van der Waals surface area contributed by atoms with Crippen molar-refractivity contribution in [2.45, 2.75) is 37.7 Å². The van der Waals surface area contributed by atoms with E-state index in [9.17, 15) is 4.39 Å². The summed E-state index contributed by atoms with van der Waals surface area (Å²) >= 11 is 1.57. The number of thioether (sulfide) groups is 1. The van der Waals surface area contributed by atoms with Crippen LogP contribution < -0.4 is 5.32 Å². The molecule has 0 aliphatic heterocycles. The van der Waals surface area contributed by atoms with E-state index in [2.05, 4.69) is 27.8 Å². The van der Waals surface area contributed by atoms with E-state index in [-0.39, 0.29) is 5.82 Å². The Balaban J connectivity index is 1.90. The Labute approximate surface area is 128 Å². The molecule has 0 aliphatic rings. The van der Waals surface area contributed by atoms with Crippen molar-refractivity contribution in [3.8, 4) is 0 Å². The summed E-state index contributed by atoms with van der Waals surface area (Å²) in [6.45, 7) is 6.64. The number of nitrogens with zero attached hydrogens (tertiary/aromatic N) is 4. The summed E-state index contributed by atoms with van der Waals surface area (Å²) in [6.07, 6.45) is 1.11. The monoisotopic (exact) mass is 309 g/mol. The number of rotatable bonds is 8. The zero-order valence-electron chi connectivity index (χ0n) is 12.3. The lowest BCUT2D eigenvalue weighted by Gasteiger charge is -2.07. The van der Waals surface area contributed by atoms with Crippen LogP contribution in [0.25, 0.3) is 0 Å². The molecule has 7 heteroatoms. The molecule has 0 amide bonds. The minimum absolute atomic E-state index is 0.201. The summed E-state index contributed by atoms with van der Waals surface area (Å²) in [5, 5.41) is 15.9. The fraction of sp³-hybridized carbons (Fsp3) is 0.500. The number of aromatic nitrogens is 4. The van der Waals surface area contributed by atoms with Gasteiger partial charge in [0.05, 0.1) is 6.54 Å². The zero-order valence-corrected chi connectivity index (χ0v) is 13.2. The predicted octanol–water partition coefficient (Wildman–Crippen LogP) is 2.41. The van der Waals surface area contributed by atoms with Crippen LogP contribution in [0.2, 0.25) is 0 Å². The Kier molecular flexibility index (Phi) is 6.13. The van der Waals surface area contributed by atoms with Gasteiger partial charge in [0.2, 0.25) is 5.16 Å². The maximum atomic E-state index is 13.1. The number of hydrogen-bond donors (Lipinski definition) is 1. The molecule has 1 aromatic carbocycles. The summed E-state index contributed by atoms with van der Waals surface area (Å²) < 4.78 is 14.9. The maximum absolute atomic E-state index is 13.1. The predicted molar refractivity (Wildman–Crippen MR) is 81.7 cm³/mol. The molecule has 0 fully saturated rings. The van der Waals surface area contributed by atoms with Gasteiger partial charge in [0.25, 0.3) is 0 Å². The molecule has 2 rings (SSSR count). The van der Waals surface area contributed by atoms with Crippen LogP contribution >= 0.6 is 11.8 Å². The van der Waals surface area contributed by atoms with E-state index in [0.29, 0.717) is 0 Å². The van der Waals surface area contributed by atoms with Gasteiger partial charge in [-0.1, -0.05) is 24.8 Å². The highest BCUT2D eigenvalue weighted by atomic mass is 32.2. The Morgan fingerprint density at radius 3 is 2.95 bits per heavy atom. The Hall–Kier alpha value is -1.47. The molecule has 21 heavy (non-hydrogen) atoms. The molecule has 1 aromatic heterocycles. The highest BCUT2D eigenvalue weighted by Gasteiger charge is 2.08. The lowest BCUT2D eigenvalue weighted by atomic mass is 10.1. The first-order valence-electron chi connectivity index (χ1n) is 7.05. The second-order valence-corrected chi connectivity index (χ2v) is 5.74. The van der Waals surface area contributed by atoms with Crippen LogP contribution in [0.4, 0.5) is 4.39 Å². The molecular weight excluding hydrogens is 289 g/mol. The first-order chi connectivity index (χ1) is 10.2. The van der Waals surface area contributed by atoms with Gasteiger partial charge in [0.1, 0.15) is 5.82 Å². The normalized spacial score (nSPS) is 11.0. The lowest BCUT2D eigenvalue weighted by molar-refractivity contribution is 0.510. The highest BCUT2D eigenvalue weighted by Crippen LogP contribution is 2.22. The van der Waals surface area contributed by atoms with Gasteiger partial charge in [-0.15, -0.1) is 5.10 Å². The van der Waals surface area contributed by atoms with Crippen molar-refractivity contribution in [2.24, 2.45) is 0 Å². The van der Waals surface area contributed by atoms with Crippen LogP contribution in [-0.2, 0) is 12.3 Å². The van der Waals surface area contributed by atoms with Crippen molar-refractivity contribution < 1.29 is 4.39 Å². The fourth-order valence-corrected chi connectivity index (χ4v) is 2.87. The van der Waals surface area contributed by atoms with Crippen LogP contribution in [0.5, 0.6) is 0 Å². The molecule has 0 bridgehead atoms. The first kappa shape index (κ1) is 15.9. The minimum Gasteiger partial charge on any atom is -0.315 e. The standard InChI is InChI=1S/C14H20FN5S/c1-3-6-16-7-8-20-14(17-18-19-20)21-10-12-4-5-13(15)9-11(12)2/h4-5,9,16H,3,6-8,10H2,1-2H3. The SMILES string of the molecule is CCCNCCn1nnnc1SCc1ccc(F)cc1C. The van der Waals surface area contributed by atoms with Crippen LogP contribution in [0.3, 0.4) is 0 Å². The van der Waals surface area contributed by atoms with Crippen molar-refractivity contribution >= 4 is 11.8 Å². The van der Waals surface area contributed by atoms with E-state index in [0.717, 1.165) is 48.1 Å². The van der Waals surface area contributed by atoms with Crippen LogP contribution in [0.1, 0.15) is 24.5 Å². The van der Waals surface area contributed by atoms with Crippen LogP contribution in [0.15, 0.2) is 23.4 Å². The number of halogens is 1.